The van der Waals surface area contributed by atoms with E-state index in [1.807, 2.05) is 0 Å². The molecule has 0 aromatic heterocycles. The molecule has 37 heavy (non-hydrogen) atoms. The van der Waals surface area contributed by atoms with Gasteiger partial charge in [0, 0.05) is 18.9 Å². The number of halogens is 7. The van der Waals surface area contributed by atoms with Crippen LogP contribution in [0.5, 0.6) is 0 Å². The number of carboxylic acid groups (broad SMARTS) is 1. The number of rotatable bonds is 5. The number of benzene rings is 2. The van der Waals surface area contributed by atoms with E-state index in [9.17, 15) is 45.4 Å². The Morgan fingerprint density at radius 2 is 1.59 bits per heavy atom. The van der Waals surface area contributed by atoms with E-state index >= 15 is 0 Å². The molecule has 0 bridgehead atoms. The zero-order valence-corrected chi connectivity index (χ0v) is 19.5. The van der Waals surface area contributed by atoms with Gasteiger partial charge in [-0.15, -0.1) is 0 Å². The molecule has 1 amide bonds. The zero-order valence-electron chi connectivity index (χ0n) is 19.5. The predicted octanol–water partition coefficient (Wildman–Crippen LogP) is 5.80. The molecule has 2 aliphatic rings. The summed E-state index contributed by atoms with van der Waals surface area (Å²) in [7, 11) is 0. The molecule has 2 saturated heterocycles. The Hall–Kier alpha value is -3.15. The first-order chi connectivity index (χ1) is 17.0. The van der Waals surface area contributed by atoms with E-state index in [4.69, 9.17) is 4.74 Å². The van der Waals surface area contributed by atoms with Crippen LogP contribution in [-0.4, -0.2) is 40.6 Å². The van der Waals surface area contributed by atoms with Crippen LogP contribution in [-0.2, 0) is 26.7 Å². The van der Waals surface area contributed by atoms with E-state index in [2.05, 4.69) is 0 Å². The molecule has 2 aromatic carbocycles. The average molecular weight is 533 g/mol. The van der Waals surface area contributed by atoms with Crippen LogP contribution in [0.4, 0.5) is 30.7 Å². The van der Waals surface area contributed by atoms with Gasteiger partial charge in [-0.05, 0) is 55.3 Å². The van der Waals surface area contributed by atoms with Crippen LogP contribution in [0.1, 0.15) is 54.5 Å². The maximum atomic E-state index is 13.6. The van der Waals surface area contributed by atoms with E-state index in [0.717, 1.165) is 12.1 Å². The Balaban J connectivity index is 1.74. The highest BCUT2D eigenvalue weighted by molar-refractivity contribution is 5.90. The van der Waals surface area contributed by atoms with Crippen molar-refractivity contribution in [2.75, 3.05) is 6.54 Å². The van der Waals surface area contributed by atoms with E-state index in [-0.39, 0.29) is 24.6 Å². The van der Waals surface area contributed by atoms with Crippen LogP contribution < -0.4 is 0 Å². The molecule has 0 radical (unpaired) electrons. The van der Waals surface area contributed by atoms with E-state index < -0.39 is 70.8 Å². The fourth-order valence-electron chi connectivity index (χ4n) is 5.30. The molecule has 2 unspecified atom stereocenters. The molecule has 5 nitrogen and oxygen atoms in total. The van der Waals surface area contributed by atoms with Crippen molar-refractivity contribution in [3.63, 3.8) is 0 Å². The summed E-state index contributed by atoms with van der Waals surface area (Å²) in [4.78, 5) is 26.2. The lowest BCUT2D eigenvalue weighted by atomic mass is 9.73. The van der Waals surface area contributed by atoms with Crippen molar-refractivity contribution in [1.29, 1.82) is 0 Å². The van der Waals surface area contributed by atoms with Gasteiger partial charge < -0.3 is 14.7 Å². The first kappa shape index (κ1) is 26.9. The smallest absolute Gasteiger partial charge is 0.416 e. The van der Waals surface area contributed by atoms with Crippen molar-refractivity contribution >= 4 is 11.9 Å². The summed E-state index contributed by atoms with van der Waals surface area (Å²) in [6.07, 6.45) is -12.7. The van der Waals surface area contributed by atoms with E-state index in [1.54, 1.807) is 0 Å². The first-order valence-corrected chi connectivity index (χ1v) is 11.3. The lowest BCUT2D eigenvalue weighted by molar-refractivity contribution is -0.149. The summed E-state index contributed by atoms with van der Waals surface area (Å²) in [5.41, 5.74) is -4.50. The van der Waals surface area contributed by atoms with Gasteiger partial charge >= 0.3 is 18.3 Å². The van der Waals surface area contributed by atoms with Gasteiger partial charge in [0.2, 0.25) is 5.91 Å². The molecule has 200 valence electrons. The maximum Gasteiger partial charge on any atom is 0.416 e. The molecule has 2 heterocycles. The van der Waals surface area contributed by atoms with Crippen LogP contribution >= 0.6 is 0 Å². The second kappa shape index (κ2) is 9.00. The second-order valence-electron chi connectivity index (χ2n) is 9.62. The Bertz CT molecular complexity index is 1180. The Kier molecular flexibility index (Phi) is 6.54. The number of carboxylic acids is 1. The van der Waals surface area contributed by atoms with Gasteiger partial charge in [-0.3, -0.25) is 9.59 Å². The lowest BCUT2D eigenvalue weighted by Gasteiger charge is -2.33. The van der Waals surface area contributed by atoms with Gasteiger partial charge in [0.1, 0.15) is 5.82 Å². The van der Waals surface area contributed by atoms with Crippen LogP contribution in [0.15, 0.2) is 42.5 Å². The molecule has 5 atom stereocenters. The number of hydrogen-bond acceptors (Lipinski definition) is 3. The molecule has 4 rings (SSSR count). The Labute approximate surface area is 206 Å². The Morgan fingerprint density at radius 3 is 2.08 bits per heavy atom. The molecule has 1 N–H and O–H groups in total. The number of nitrogens with zero attached hydrogens (tertiary/aromatic N) is 1. The number of amides is 1. The molecule has 2 fully saturated rings. The fraction of sp³-hybridized carbons (Fsp3) is 0.440. The minimum Gasteiger partial charge on any atom is -0.481 e. The number of aliphatic carboxylic acids is 1. The quantitative estimate of drug-likeness (QED) is 0.494. The van der Waals surface area contributed by atoms with Gasteiger partial charge in [-0.1, -0.05) is 12.1 Å². The summed E-state index contributed by atoms with van der Waals surface area (Å²) in [5.74, 6) is -3.12. The standard InChI is InChI=1S/C25H22F7NO4/c1-12(14-7-15(24(27,28)29)9-16(8-14)25(30,31)32)37-18-11-33-19(34)10-23(2,22(35)36)21(33)20(18)13-3-5-17(26)6-4-13/h3-9,12,18,20-21H,10-11H2,1-2H3,(H,35,36)/t12-,18+,20-,21?,23?/m1/s1. The van der Waals surface area contributed by atoms with Crippen molar-refractivity contribution in [2.45, 2.75) is 56.8 Å². The van der Waals surface area contributed by atoms with Crippen LogP contribution in [0.3, 0.4) is 0 Å². The molecular weight excluding hydrogens is 511 g/mol. The minimum atomic E-state index is -5.04. The highest BCUT2D eigenvalue weighted by Gasteiger charge is 2.62. The van der Waals surface area contributed by atoms with Crippen LogP contribution in [0, 0.1) is 11.2 Å². The molecule has 0 aliphatic carbocycles. The summed E-state index contributed by atoms with van der Waals surface area (Å²) < 4.78 is 99.6. The summed E-state index contributed by atoms with van der Waals surface area (Å²) in [5, 5.41) is 9.91. The third-order valence-electron chi connectivity index (χ3n) is 7.15. The predicted molar refractivity (Wildman–Crippen MR) is 115 cm³/mol. The summed E-state index contributed by atoms with van der Waals surface area (Å²) in [6, 6.07) is 5.27. The summed E-state index contributed by atoms with van der Waals surface area (Å²) >= 11 is 0. The molecule has 2 aromatic rings. The van der Waals surface area contributed by atoms with Crippen molar-refractivity contribution in [2.24, 2.45) is 5.41 Å². The monoisotopic (exact) mass is 533 g/mol. The zero-order chi connectivity index (χ0) is 27.5. The molecular formula is C25H22F7NO4. The number of carbonyl (C=O) groups is 2. The molecule has 0 spiro atoms. The van der Waals surface area contributed by atoms with Crippen molar-refractivity contribution < 1.29 is 50.2 Å². The second-order valence-corrected chi connectivity index (χ2v) is 9.62. The highest BCUT2D eigenvalue weighted by atomic mass is 19.4. The van der Waals surface area contributed by atoms with Crippen molar-refractivity contribution in [3.8, 4) is 0 Å². The normalized spacial score (nSPS) is 26.9. The van der Waals surface area contributed by atoms with Crippen LogP contribution in [0.2, 0.25) is 0 Å². The topological polar surface area (TPSA) is 66.8 Å². The molecule has 2 aliphatic heterocycles. The number of carbonyl (C=O) groups excluding carboxylic acids is 1. The first-order valence-electron chi connectivity index (χ1n) is 11.3. The van der Waals surface area contributed by atoms with Gasteiger partial charge in [0.05, 0.1) is 34.8 Å². The van der Waals surface area contributed by atoms with E-state index in [0.29, 0.717) is 17.7 Å². The lowest BCUT2D eigenvalue weighted by Crippen LogP contribution is -2.43. The van der Waals surface area contributed by atoms with E-state index in [1.165, 1.54) is 30.9 Å². The largest absolute Gasteiger partial charge is 0.481 e. The van der Waals surface area contributed by atoms with Gasteiger partial charge in [0.15, 0.2) is 0 Å². The summed E-state index contributed by atoms with van der Waals surface area (Å²) in [6.45, 7) is 2.53. The van der Waals surface area contributed by atoms with Crippen LogP contribution in [0.25, 0.3) is 0 Å². The number of fused-ring (bicyclic) bond motifs is 1. The maximum absolute atomic E-state index is 13.6. The van der Waals surface area contributed by atoms with Gasteiger partial charge in [-0.25, -0.2) is 4.39 Å². The highest BCUT2D eigenvalue weighted by Crippen LogP contribution is 2.51. The minimum absolute atomic E-state index is 0.0141. The van der Waals surface area contributed by atoms with Gasteiger partial charge in [-0.2, -0.15) is 26.3 Å². The van der Waals surface area contributed by atoms with Crippen molar-refractivity contribution in [1.82, 2.24) is 4.90 Å². The molecule has 12 heteroatoms. The third-order valence-corrected chi connectivity index (χ3v) is 7.15. The average Bonchev–Trinajstić information content (AvgIpc) is 3.28. The number of hydrogen-bond donors (Lipinski definition) is 1. The number of ether oxygens (including phenoxy) is 1. The SMILES string of the molecule is C[C@@H](O[C@H]1CN2C(=O)CC(C)(C(=O)O)C2[C@@H]1c1ccc(F)cc1)c1cc(C(F)(F)F)cc(C(F)(F)F)c1. The number of alkyl halides is 6. The van der Waals surface area contributed by atoms with Gasteiger partial charge in [0.25, 0.3) is 0 Å². The third kappa shape index (κ3) is 4.90. The van der Waals surface area contributed by atoms with Crippen molar-refractivity contribution in [3.05, 3.63) is 70.5 Å². The fourth-order valence-corrected chi connectivity index (χ4v) is 5.30. The Morgan fingerprint density at radius 1 is 1.05 bits per heavy atom. The molecule has 0 saturated carbocycles.